The Morgan fingerprint density at radius 1 is 1.38 bits per heavy atom. The minimum absolute atomic E-state index is 0.0577. The quantitative estimate of drug-likeness (QED) is 0.693. The number of aromatic nitrogens is 3. The van der Waals surface area contributed by atoms with Crippen LogP contribution in [0.25, 0.3) is 0 Å². The summed E-state index contributed by atoms with van der Waals surface area (Å²) in [5, 5.41) is 8.96. The molecule has 0 saturated carbocycles. The third-order valence-corrected chi connectivity index (χ3v) is 1.55. The molecule has 0 fully saturated rings. The number of anilines is 1. The van der Waals surface area contributed by atoms with Gasteiger partial charge in [0.15, 0.2) is 0 Å². The van der Waals surface area contributed by atoms with Crippen molar-refractivity contribution < 1.29 is 0 Å². The van der Waals surface area contributed by atoms with Gasteiger partial charge in [-0.05, 0) is 32.7 Å². The SMILES string of the molecule is CC(C)(C)Nc1ncnc(SN)n1. The summed E-state index contributed by atoms with van der Waals surface area (Å²) in [6, 6.07) is 0. The predicted molar refractivity (Wildman–Crippen MR) is 53.2 cm³/mol. The van der Waals surface area contributed by atoms with Crippen molar-refractivity contribution >= 4 is 17.9 Å². The van der Waals surface area contributed by atoms with Crippen LogP contribution in [-0.2, 0) is 0 Å². The monoisotopic (exact) mass is 199 g/mol. The molecule has 5 nitrogen and oxygen atoms in total. The summed E-state index contributed by atoms with van der Waals surface area (Å²) >= 11 is 1.01. The Labute approximate surface area is 81.7 Å². The summed E-state index contributed by atoms with van der Waals surface area (Å²) in [6.07, 6.45) is 1.44. The van der Waals surface area contributed by atoms with Crippen LogP contribution in [0, 0.1) is 0 Å². The highest BCUT2D eigenvalue weighted by Gasteiger charge is 2.11. The van der Waals surface area contributed by atoms with E-state index in [2.05, 4.69) is 20.3 Å². The van der Waals surface area contributed by atoms with E-state index in [4.69, 9.17) is 5.14 Å². The molecule has 0 saturated heterocycles. The van der Waals surface area contributed by atoms with Crippen molar-refractivity contribution in [3.05, 3.63) is 6.33 Å². The van der Waals surface area contributed by atoms with Gasteiger partial charge in [0.1, 0.15) is 6.33 Å². The minimum atomic E-state index is -0.0577. The second-order valence-electron chi connectivity index (χ2n) is 3.58. The van der Waals surface area contributed by atoms with E-state index < -0.39 is 0 Å². The lowest BCUT2D eigenvalue weighted by molar-refractivity contribution is 0.622. The Morgan fingerprint density at radius 2 is 2.08 bits per heavy atom. The van der Waals surface area contributed by atoms with Crippen LogP contribution < -0.4 is 10.5 Å². The first kappa shape index (κ1) is 10.2. The Hall–Kier alpha value is -0.880. The predicted octanol–water partition coefficient (Wildman–Crippen LogP) is 1.05. The molecule has 0 bridgehead atoms. The highest BCUT2D eigenvalue weighted by atomic mass is 32.2. The van der Waals surface area contributed by atoms with Crippen LogP contribution in [0.1, 0.15) is 20.8 Å². The highest BCUT2D eigenvalue weighted by molar-refractivity contribution is 7.96. The van der Waals surface area contributed by atoms with Gasteiger partial charge in [-0.15, -0.1) is 0 Å². The second kappa shape index (κ2) is 3.89. The molecule has 1 aromatic rings. The topological polar surface area (TPSA) is 76.7 Å². The van der Waals surface area contributed by atoms with Crippen molar-refractivity contribution in [2.24, 2.45) is 5.14 Å². The van der Waals surface area contributed by atoms with E-state index in [0.29, 0.717) is 11.1 Å². The summed E-state index contributed by atoms with van der Waals surface area (Å²) in [6.45, 7) is 6.10. The first-order valence-electron chi connectivity index (χ1n) is 3.85. The van der Waals surface area contributed by atoms with Gasteiger partial charge in [0.2, 0.25) is 11.1 Å². The summed E-state index contributed by atoms with van der Waals surface area (Å²) in [5.41, 5.74) is -0.0577. The second-order valence-corrected chi connectivity index (χ2v) is 4.19. The van der Waals surface area contributed by atoms with E-state index in [1.807, 2.05) is 20.8 Å². The van der Waals surface area contributed by atoms with Crippen molar-refractivity contribution in [3.8, 4) is 0 Å². The lowest BCUT2D eigenvalue weighted by atomic mass is 10.1. The highest BCUT2D eigenvalue weighted by Crippen LogP contribution is 2.10. The van der Waals surface area contributed by atoms with Gasteiger partial charge in [-0.2, -0.15) is 4.98 Å². The molecular formula is C7H13N5S. The molecule has 0 aliphatic rings. The lowest BCUT2D eigenvalue weighted by Crippen LogP contribution is -2.27. The lowest BCUT2D eigenvalue weighted by Gasteiger charge is -2.19. The molecular weight excluding hydrogens is 186 g/mol. The van der Waals surface area contributed by atoms with Gasteiger partial charge < -0.3 is 5.32 Å². The Balaban J connectivity index is 2.78. The van der Waals surface area contributed by atoms with Crippen LogP contribution in [0.5, 0.6) is 0 Å². The number of hydrogen-bond donors (Lipinski definition) is 2. The van der Waals surface area contributed by atoms with E-state index in [1.165, 1.54) is 6.33 Å². The van der Waals surface area contributed by atoms with Crippen LogP contribution in [0.2, 0.25) is 0 Å². The van der Waals surface area contributed by atoms with Crippen LogP contribution in [0.4, 0.5) is 5.95 Å². The summed E-state index contributed by atoms with van der Waals surface area (Å²) < 4.78 is 0. The van der Waals surface area contributed by atoms with E-state index in [0.717, 1.165) is 11.9 Å². The first-order chi connectivity index (χ1) is 6.01. The van der Waals surface area contributed by atoms with Gasteiger partial charge in [0.05, 0.1) is 0 Å². The summed E-state index contributed by atoms with van der Waals surface area (Å²) in [7, 11) is 0. The molecule has 1 heterocycles. The molecule has 13 heavy (non-hydrogen) atoms. The van der Waals surface area contributed by atoms with Gasteiger partial charge in [-0.25, -0.2) is 9.97 Å². The number of nitrogens with two attached hydrogens (primary N) is 1. The zero-order chi connectivity index (χ0) is 9.90. The third kappa shape index (κ3) is 3.56. The number of rotatable bonds is 2. The number of hydrogen-bond acceptors (Lipinski definition) is 6. The molecule has 1 rings (SSSR count). The van der Waals surface area contributed by atoms with E-state index >= 15 is 0 Å². The van der Waals surface area contributed by atoms with Crippen molar-refractivity contribution in [3.63, 3.8) is 0 Å². The molecule has 0 amide bonds. The Kier molecular flexibility index (Phi) is 3.05. The van der Waals surface area contributed by atoms with Crippen molar-refractivity contribution in [1.29, 1.82) is 0 Å². The van der Waals surface area contributed by atoms with Gasteiger partial charge >= 0.3 is 0 Å². The number of nitrogens with zero attached hydrogens (tertiary/aromatic N) is 3. The maximum Gasteiger partial charge on any atom is 0.227 e. The Bertz CT molecular complexity index is 282. The molecule has 0 aliphatic heterocycles. The van der Waals surface area contributed by atoms with E-state index in [1.54, 1.807) is 0 Å². The molecule has 0 spiro atoms. The van der Waals surface area contributed by atoms with Gasteiger partial charge in [0, 0.05) is 5.54 Å². The average molecular weight is 199 g/mol. The molecule has 6 heteroatoms. The fourth-order valence-electron chi connectivity index (χ4n) is 0.734. The zero-order valence-electron chi connectivity index (χ0n) is 7.90. The third-order valence-electron chi connectivity index (χ3n) is 1.14. The Morgan fingerprint density at radius 3 is 2.62 bits per heavy atom. The minimum Gasteiger partial charge on any atom is -0.350 e. The van der Waals surface area contributed by atoms with Crippen molar-refractivity contribution in [1.82, 2.24) is 15.0 Å². The van der Waals surface area contributed by atoms with Gasteiger partial charge in [0.25, 0.3) is 0 Å². The average Bonchev–Trinajstić information content (AvgIpc) is 2.01. The largest absolute Gasteiger partial charge is 0.350 e. The van der Waals surface area contributed by atoms with Crippen LogP contribution in [0.15, 0.2) is 11.5 Å². The molecule has 0 atom stereocenters. The van der Waals surface area contributed by atoms with Crippen LogP contribution in [-0.4, -0.2) is 20.5 Å². The van der Waals surface area contributed by atoms with Gasteiger partial charge in [-0.1, -0.05) is 0 Å². The maximum atomic E-state index is 5.32. The van der Waals surface area contributed by atoms with E-state index in [9.17, 15) is 0 Å². The summed E-state index contributed by atoms with van der Waals surface area (Å²) in [5.74, 6) is 0.551. The normalized spacial score (nSPS) is 11.4. The fourth-order valence-corrected chi connectivity index (χ4v) is 0.981. The first-order valence-corrected chi connectivity index (χ1v) is 4.73. The van der Waals surface area contributed by atoms with Crippen LogP contribution in [0.3, 0.4) is 0 Å². The van der Waals surface area contributed by atoms with Gasteiger partial charge in [-0.3, -0.25) is 5.14 Å². The number of nitrogens with one attached hydrogen (secondary N) is 1. The fraction of sp³-hybridized carbons (Fsp3) is 0.571. The smallest absolute Gasteiger partial charge is 0.227 e. The molecule has 0 aliphatic carbocycles. The molecule has 0 unspecified atom stereocenters. The van der Waals surface area contributed by atoms with Crippen LogP contribution >= 0.6 is 11.9 Å². The standard InChI is InChI=1S/C7H13N5S/c1-7(2,3)12-5-9-4-10-6(11-5)13-8/h4H,8H2,1-3H3,(H,9,10,11,12). The summed E-state index contributed by atoms with van der Waals surface area (Å²) in [4.78, 5) is 11.9. The zero-order valence-corrected chi connectivity index (χ0v) is 8.72. The molecule has 3 N–H and O–H groups in total. The maximum absolute atomic E-state index is 5.32. The van der Waals surface area contributed by atoms with E-state index in [-0.39, 0.29) is 5.54 Å². The molecule has 0 radical (unpaired) electrons. The van der Waals surface area contributed by atoms with Crippen molar-refractivity contribution in [2.45, 2.75) is 31.5 Å². The molecule has 1 aromatic heterocycles. The molecule has 0 aromatic carbocycles. The molecule has 72 valence electrons. The van der Waals surface area contributed by atoms with Crippen molar-refractivity contribution in [2.75, 3.05) is 5.32 Å².